The molecule has 0 saturated carbocycles. The molecule has 1 heterocycles. The molecular weight excluding hydrogens is 449 g/mol. The van der Waals surface area contributed by atoms with Crippen molar-refractivity contribution in [2.75, 3.05) is 11.9 Å². The van der Waals surface area contributed by atoms with Gasteiger partial charge in [0.25, 0.3) is 5.56 Å². The van der Waals surface area contributed by atoms with E-state index < -0.39 is 29.0 Å². The number of aliphatic hydroxyl groups is 1. The van der Waals surface area contributed by atoms with Crippen LogP contribution in [-0.4, -0.2) is 33.8 Å². The highest BCUT2D eigenvalue weighted by Gasteiger charge is 2.38. The van der Waals surface area contributed by atoms with Crippen LogP contribution in [0.3, 0.4) is 0 Å². The maximum atomic E-state index is 13.9. The van der Waals surface area contributed by atoms with Crippen molar-refractivity contribution in [2.24, 2.45) is 0 Å². The average Bonchev–Trinajstić information content (AvgIpc) is 2.89. The topological polar surface area (TPSA) is 93.5 Å². The number of hydrogen-bond acceptors (Lipinski definition) is 5. The number of aromatic nitrogens is 2. The fourth-order valence-electron chi connectivity index (χ4n) is 4.06. The second kappa shape index (κ2) is 10.9. The van der Waals surface area contributed by atoms with Gasteiger partial charge in [0.15, 0.2) is 0 Å². The predicted octanol–water partition coefficient (Wildman–Crippen LogP) is 3.32. The van der Waals surface area contributed by atoms with E-state index in [1.807, 2.05) is 91.0 Å². The maximum Gasteiger partial charge on any atom is 0.294 e. The van der Waals surface area contributed by atoms with Crippen molar-refractivity contribution >= 4 is 12.2 Å². The van der Waals surface area contributed by atoms with Gasteiger partial charge in [0.2, 0.25) is 18.2 Å². The Kier molecular flexibility index (Phi) is 7.45. The zero-order valence-corrected chi connectivity index (χ0v) is 18.8. The van der Waals surface area contributed by atoms with Crippen LogP contribution in [0.5, 0.6) is 0 Å². The van der Waals surface area contributed by atoms with Gasteiger partial charge in [-0.15, -0.1) is 0 Å². The van der Waals surface area contributed by atoms with Crippen LogP contribution in [0.4, 0.5) is 10.2 Å². The minimum Gasteiger partial charge on any atom is -0.389 e. The Labute approximate surface area is 201 Å². The molecule has 2 N–H and O–H groups in total. The number of nitrogens with one attached hydrogen (secondary N) is 1. The molecule has 1 amide bonds. The molecule has 1 aromatic heterocycles. The predicted molar refractivity (Wildman–Crippen MR) is 129 cm³/mol. The van der Waals surface area contributed by atoms with Crippen LogP contribution in [0.15, 0.2) is 102 Å². The van der Waals surface area contributed by atoms with Crippen molar-refractivity contribution in [3.63, 3.8) is 0 Å². The number of carbonyl (C=O) groups excluding carboxylic acids is 1. The van der Waals surface area contributed by atoms with E-state index in [4.69, 9.17) is 4.74 Å². The molecule has 0 bridgehead atoms. The van der Waals surface area contributed by atoms with E-state index >= 15 is 0 Å². The number of ether oxygens (including phenoxy) is 1. The summed E-state index contributed by atoms with van der Waals surface area (Å²) in [6.07, 6.45) is -0.0597. The lowest BCUT2D eigenvalue weighted by Gasteiger charge is -2.36. The summed E-state index contributed by atoms with van der Waals surface area (Å²) in [6, 6.07) is 28.9. The van der Waals surface area contributed by atoms with Gasteiger partial charge in [0, 0.05) is 0 Å². The SMILES string of the molecule is O=CNc1nc(F)cn(CC(O)COC(c2ccccc2)(c2ccccc2)c2ccccc2)c1=O. The van der Waals surface area contributed by atoms with Crippen molar-refractivity contribution in [3.05, 3.63) is 130 Å². The van der Waals surface area contributed by atoms with Gasteiger partial charge in [-0.3, -0.25) is 9.59 Å². The van der Waals surface area contributed by atoms with Gasteiger partial charge < -0.3 is 19.7 Å². The van der Waals surface area contributed by atoms with E-state index in [1.165, 1.54) is 0 Å². The molecule has 0 fully saturated rings. The summed E-state index contributed by atoms with van der Waals surface area (Å²) in [5, 5.41) is 12.9. The highest BCUT2D eigenvalue weighted by molar-refractivity contribution is 5.67. The molecule has 0 saturated heterocycles. The van der Waals surface area contributed by atoms with E-state index in [0.29, 0.717) is 0 Å². The summed E-state index contributed by atoms with van der Waals surface area (Å²) >= 11 is 0. The molecule has 0 aliphatic heterocycles. The Bertz CT molecular complexity index is 1220. The van der Waals surface area contributed by atoms with Crippen LogP contribution < -0.4 is 10.9 Å². The third-order valence-corrected chi connectivity index (χ3v) is 5.58. The molecule has 35 heavy (non-hydrogen) atoms. The second-order valence-corrected chi connectivity index (χ2v) is 7.88. The Morgan fingerprint density at radius 1 is 0.943 bits per heavy atom. The third-order valence-electron chi connectivity index (χ3n) is 5.58. The third kappa shape index (κ3) is 5.18. The normalized spacial score (nSPS) is 12.2. The van der Waals surface area contributed by atoms with Crippen LogP contribution >= 0.6 is 0 Å². The van der Waals surface area contributed by atoms with Gasteiger partial charge >= 0.3 is 0 Å². The van der Waals surface area contributed by atoms with E-state index in [9.17, 15) is 19.1 Å². The van der Waals surface area contributed by atoms with Gasteiger partial charge in [0.1, 0.15) is 5.60 Å². The van der Waals surface area contributed by atoms with Crippen LogP contribution in [-0.2, 0) is 21.7 Å². The first-order valence-electron chi connectivity index (χ1n) is 11.0. The van der Waals surface area contributed by atoms with Gasteiger partial charge in [0.05, 0.1) is 25.5 Å². The number of benzene rings is 3. The lowest BCUT2D eigenvalue weighted by molar-refractivity contribution is -0.105. The van der Waals surface area contributed by atoms with E-state index in [1.54, 1.807) is 0 Å². The summed E-state index contributed by atoms with van der Waals surface area (Å²) in [5.41, 5.74) is 0.777. The van der Waals surface area contributed by atoms with Gasteiger partial charge in [-0.1, -0.05) is 91.0 Å². The van der Waals surface area contributed by atoms with Crippen molar-refractivity contribution in [2.45, 2.75) is 18.2 Å². The van der Waals surface area contributed by atoms with Crippen molar-refractivity contribution in [1.82, 2.24) is 9.55 Å². The molecule has 7 nitrogen and oxygen atoms in total. The number of aliphatic hydroxyl groups excluding tert-OH is 1. The number of anilines is 1. The molecule has 0 radical (unpaired) electrons. The Morgan fingerprint density at radius 3 is 1.89 bits per heavy atom. The summed E-state index contributed by atoms with van der Waals surface area (Å²) in [6.45, 7) is -0.439. The molecule has 178 valence electrons. The standard InChI is InChI=1S/C27H24FN3O4/c28-24-17-31(26(34)25(30-24)29-19-32)16-23(33)18-35-27(20-10-4-1-5-11-20,21-12-6-2-7-13-21)22-14-8-3-9-15-22/h1-15,17,19,23,33H,16,18H2,(H,29,30,32). The monoisotopic (exact) mass is 473 g/mol. The highest BCUT2D eigenvalue weighted by Crippen LogP contribution is 2.40. The molecule has 1 atom stereocenters. The Hall–Kier alpha value is -4.14. The summed E-state index contributed by atoms with van der Waals surface area (Å²) < 4.78 is 21.4. The number of amides is 1. The van der Waals surface area contributed by atoms with Gasteiger partial charge in [-0.2, -0.15) is 9.37 Å². The average molecular weight is 474 g/mol. The highest BCUT2D eigenvalue weighted by atomic mass is 19.1. The fraction of sp³-hybridized carbons (Fsp3) is 0.148. The smallest absolute Gasteiger partial charge is 0.294 e. The minimum absolute atomic E-state index is 0.175. The molecule has 4 rings (SSSR count). The zero-order valence-electron chi connectivity index (χ0n) is 18.8. The van der Waals surface area contributed by atoms with Crippen LogP contribution in [0.1, 0.15) is 16.7 Å². The van der Waals surface area contributed by atoms with Crippen molar-refractivity contribution in [3.8, 4) is 0 Å². The van der Waals surface area contributed by atoms with E-state index in [0.717, 1.165) is 27.5 Å². The molecular formula is C27H24FN3O4. The van der Waals surface area contributed by atoms with Crippen LogP contribution in [0, 0.1) is 5.95 Å². The number of hydrogen-bond donors (Lipinski definition) is 2. The Morgan fingerprint density at radius 2 is 1.43 bits per heavy atom. The second-order valence-electron chi connectivity index (χ2n) is 7.88. The molecule has 1 unspecified atom stereocenters. The van der Waals surface area contributed by atoms with E-state index in [2.05, 4.69) is 10.3 Å². The first-order valence-corrected chi connectivity index (χ1v) is 11.0. The summed E-state index contributed by atoms with van der Waals surface area (Å²) in [7, 11) is 0. The minimum atomic E-state index is -1.17. The van der Waals surface area contributed by atoms with Crippen LogP contribution in [0.25, 0.3) is 0 Å². The summed E-state index contributed by atoms with van der Waals surface area (Å²) in [4.78, 5) is 26.5. The number of halogens is 1. The molecule has 0 aliphatic rings. The summed E-state index contributed by atoms with van der Waals surface area (Å²) in [5.74, 6) is -1.42. The van der Waals surface area contributed by atoms with Crippen molar-refractivity contribution in [1.29, 1.82) is 0 Å². The molecule has 4 aromatic rings. The van der Waals surface area contributed by atoms with Crippen molar-refractivity contribution < 1.29 is 19.0 Å². The molecule has 3 aromatic carbocycles. The van der Waals surface area contributed by atoms with Gasteiger partial charge in [-0.05, 0) is 16.7 Å². The van der Waals surface area contributed by atoms with E-state index in [-0.39, 0.29) is 19.6 Å². The molecule has 0 aliphatic carbocycles. The lowest BCUT2D eigenvalue weighted by Crippen LogP contribution is -2.38. The Balaban J connectivity index is 1.70. The fourth-order valence-corrected chi connectivity index (χ4v) is 4.06. The molecule has 8 heteroatoms. The van der Waals surface area contributed by atoms with Gasteiger partial charge in [-0.25, -0.2) is 0 Å². The van der Waals surface area contributed by atoms with Crippen LogP contribution in [0.2, 0.25) is 0 Å². The number of nitrogens with zero attached hydrogens (tertiary/aromatic N) is 2. The molecule has 0 spiro atoms. The first kappa shape index (κ1) is 24.0. The number of rotatable bonds is 10. The largest absolute Gasteiger partial charge is 0.389 e. The number of carbonyl (C=O) groups is 1. The lowest BCUT2D eigenvalue weighted by atomic mass is 9.80. The maximum absolute atomic E-state index is 13.9. The first-order chi connectivity index (χ1) is 17.0. The zero-order chi connectivity index (χ0) is 24.7. The quantitative estimate of drug-likeness (QED) is 0.272.